The van der Waals surface area contributed by atoms with Gasteiger partial charge in [-0.15, -0.1) is 0 Å². The Morgan fingerprint density at radius 1 is 0.966 bits per heavy atom. The molecule has 0 spiro atoms. The van der Waals surface area contributed by atoms with Gasteiger partial charge < -0.3 is 10.1 Å². The van der Waals surface area contributed by atoms with Crippen molar-refractivity contribution in [2.24, 2.45) is 0 Å². The number of nitrogens with one attached hydrogen (secondary N) is 1. The standard InChI is InChI=1S/C23H19BrClNO3/c1-14-7-3-4-8-18(14)23(28)29-21-15(2)11-17(24)12-16(21)13-26-22(27)19-9-5-6-10-20(19)25/h3-12H,13H2,1-2H3,(H,26,27). The zero-order valence-corrected chi connectivity index (χ0v) is 18.3. The van der Waals surface area contributed by atoms with Crippen LogP contribution < -0.4 is 10.1 Å². The zero-order valence-electron chi connectivity index (χ0n) is 16.0. The van der Waals surface area contributed by atoms with Gasteiger partial charge in [0, 0.05) is 16.6 Å². The molecule has 0 aliphatic heterocycles. The van der Waals surface area contributed by atoms with Gasteiger partial charge in [0.25, 0.3) is 5.91 Å². The SMILES string of the molecule is Cc1ccccc1C(=O)Oc1c(C)cc(Br)cc1CNC(=O)c1ccccc1Cl. The lowest BCUT2D eigenvalue weighted by Crippen LogP contribution is -2.24. The minimum Gasteiger partial charge on any atom is -0.422 e. The summed E-state index contributed by atoms with van der Waals surface area (Å²) in [5.41, 5.74) is 3.18. The van der Waals surface area contributed by atoms with Crippen molar-refractivity contribution in [3.05, 3.63) is 98.0 Å². The summed E-state index contributed by atoms with van der Waals surface area (Å²) in [6.07, 6.45) is 0. The van der Waals surface area contributed by atoms with Crippen LogP contribution in [0.25, 0.3) is 0 Å². The fourth-order valence-electron chi connectivity index (χ4n) is 2.94. The normalized spacial score (nSPS) is 10.5. The van der Waals surface area contributed by atoms with Crippen LogP contribution in [-0.2, 0) is 6.54 Å². The van der Waals surface area contributed by atoms with Crippen LogP contribution in [0.3, 0.4) is 0 Å². The van der Waals surface area contributed by atoms with Crippen LogP contribution in [0.2, 0.25) is 5.02 Å². The van der Waals surface area contributed by atoms with Crippen LogP contribution >= 0.6 is 27.5 Å². The molecule has 0 atom stereocenters. The van der Waals surface area contributed by atoms with Crippen molar-refractivity contribution in [2.45, 2.75) is 20.4 Å². The number of hydrogen-bond acceptors (Lipinski definition) is 3. The van der Waals surface area contributed by atoms with E-state index in [-0.39, 0.29) is 12.5 Å². The molecule has 0 aliphatic carbocycles. The number of benzene rings is 3. The van der Waals surface area contributed by atoms with Crippen LogP contribution in [0.4, 0.5) is 0 Å². The molecule has 0 saturated carbocycles. The molecule has 0 fully saturated rings. The molecule has 6 heteroatoms. The molecule has 0 radical (unpaired) electrons. The van der Waals surface area contributed by atoms with Gasteiger partial charge in [0.1, 0.15) is 5.75 Å². The summed E-state index contributed by atoms with van der Waals surface area (Å²) in [6.45, 7) is 3.89. The van der Waals surface area contributed by atoms with E-state index in [1.165, 1.54) is 0 Å². The summed E-state index contributed by atoms with van der Waals surface area (Å²) in [5, 5.41) is 3.22. The molecule has 0 heterocycles. The van der Waals surface area contributed by atoms with Gasteiger partial charge in [0.2, 0.25) is 0 Å². The van der Waals surface area contributed by atoms with Gasteiger partial charge in [0.15, 0.2) is 0 Å². The summed E-state index contributed by atoms with van der Waals surface area (Å²) >= 11 is 9.56. The van der Waals surface area contributed by atoms with Crippen LogP contribution in [0.1, 0.15) is 37.4 Å². The molecule has 0 aromatic heterocycles. The smallest absolute Gasteiger partial charge is 0.343 e. The number of rotatable bonds is 5. The van der Waals surface area contributed by atoms with Gasteiger partial charge in [0.05, 0.1) is 16.1 Å². The molecule has 3 aromatic carbocycles. The van der Waals surface area contributed by atoms with Gasteiger partial charge in [-0.1, -0.05) is 57.9 Å². The second-order valence-electron chi connectivity index (χ2n) is 6.58. The van der Waals surface area contributed by atoms with Crippen LogP contribution in [-0.4, -0.2) is 11.9 Å². The first-order valence-electron chi connectivity index (χ1n) is 8.96. The van der Waals surface area contributed by atoms with E-state index in [9.17, 15) is 9.59 Å². The van der Waals surface area contributed by atoms with Crippen molar-refractivity contribution in [3.63, 3.8) is 0 Å². The maximum atomic E-state index is 12.7. The van der Waals surface area contributed by atoms with Crippen molar-refractivity contribution < 1.29 is 14.3 Å². The Bertz CT molecular complexity index is 1080. The summed E-state index contributed by atoms with van der Waals surface area (Å²) < 4.78 is 6.55. The molecule has 29 heavy (non-hydrogen) atoms. The first-order chi connectivity index (χ1) is 13.9. The second kappa shape index (κ2) is 9.25. The largest absolute Gasteiger partial charge is 0.422 e. The minimum atomic E-state index is -0.438. The number of hydrogen-bond donors (Lipinski definition) is 1. The van der Waals surface area contributed by atoms with E-state index in [0.29, 0.717) is 27.5 Å². The van der Waals surface area contributed by atoms with Crippen LogP contribution in [0.15, 0.2) is 65.1 Å². The fraction of sp³-hybridized carbons (Fsp3) is 0.130. The van der Waals surface area contributed by atoms with E-state index < -0.39 is 5.97 Å². The number of amides is 1. The van der Waals surface area contributed by atoms with Crippen LogP contribution in [0.5, 0.6) is 5.75 Å². The van der Waals surface area contributed by atoms with Crippen molar-refractivity contribution in [3.8, 4) is 5.75 Å². The van der Waals surface area contributed by atoms with Gasteiger partial charge in [-0.05, 0) is 55.3 Å². The number of carbonyl (C=O) groups is 2. The minimum absolute atomic E-state index is 0.181. The first kappa shape index (κ1) is 21.1. The third kappa shape index (κ3) is 5.05. The molecule has 0 aliphatic rings. The predicted octanol–water partition coefficient (Wildman–Crippen LogP) is 5.87. The van der Waals surface area contributed by atoms with Gasteiger partial charge >= 0.3 is 5.97 Å². The molecule has 0 unspecified atom stereocenters. The maximum Gasteiger partial charge on any atom is 0.343 e. The van der Waals surface area contributed by atoms with E-state index in [4.69, 9.17) is 16.3 Å². The average Bonchev–Trinajstić information content (AvgIpc) is 2.69. The summed E-state index contributed by atoms with van der Waals surface area (Å²) in [6, 6.07) is 17.8. The quantitative estimate of drug-likeness (QED) is 0.373. The molecule has 3 aromatic rings. The summed E-state index contributed by atoms with van der Waals surface area (Å²) in [7, 11) is 0. The number of aryl methyl sites for hydroxylation is 2. The average molecular weight is 473 g/mol. The first-order valence-corrected chi connectivity index (χ1v) is 10.1. The number of halogens is 2. The highest BCUT2D eigenvalue weighted by molar-refractivity contribution is 9.10. The van der Waals surface area contributed by atoms with E-state index in [0.717, 1.165) is 15.6 Å². The number of ether oxygens (including phenoxy) is 1. The highest BCUT2D eigenvalue weighted by atomic mass is 79.9. The van der Waals surface area contributed by atoms with E-state index >= 15 is 0 Å². The fourth-order valence-corrected chi connectivity index (χ4v) is 3.78. The molecular weight excluding hydrogens is 454 g/mol. The van der Waals surface area contributed by atoms with E-state index in [2.05, 4.69) is 21.2 Å². The summed E-state index contributed by atoms with van der Waals surface area (Å²) in [5.74, 6) is -0.308. The molecule has 0 saturated heterocycles. The van der Waals surface area contributed by atoms with E-state index in [1.54, 1.807) is 36.4 Å². The van der Waals surface area contributed by atoms with Crippen molar-refractivity contribution in [1.29, 1.82) is 0 Å². The van der Waals surface area contributed by atoms with Crippen molar-refractivity contribution in [1.82, 2.24) is 5.32 Å². The molecule has 4 nitrogen and oxygen atoms in total. The topological polar surface area (TPSA) is 55.4 Å². The lowest BCUT2D eigenvalue weighted by molar-refractivity contribution is 0.0731. The van der Waals surface area contributed by atoms with Crippen molar-refractivity contribution >= 4 is 39.4 Å². The molecule has 148 valence electrons. The highest BCUT2D eigenvalue weighted by Gasteiger charge is 2.17. The molecule has 1 amide bonds. The molecular formula is C23H19BrClNO3. The number of esters is 1. The number of carbonyl (C=O) groups excluding carboxylic acids is 2. The second-order valence-corrected chi connectivity index (χ2v) is 7.90. The Morgan fingerprint density at radius 2 is 1.62 bits per heavy atom. The Kier molecular flexibility index (Phi) is 6.72. The monoisotopic (exact) mass is 471 g/mol. The molecule has 0 bridgehead atoms. The highest BCUT2D eigenvalue weighted by Crippen LogP contribution is 2.29. The third-order valence-corrected chi connectivity index (χ3v) is 5.22. The van der Waals surface area contributed by atoms with Gasteiger partial charge in [-0.2, -0.15) is 0 Å². The van der Waals surface area contributed by atoms with Gasteiger partial charge in [-0.25, -0.2) is 4.79 Å². The zero-order chi connectivity index (χ0) is 21.0. The lowest BCUT2D eigenvalue weighted by Gasteiger charge is -2.15. The van der Waals surface area contributed by atoms with Crippen LogP contribution in [0, 0.1) is 13.8 Å². The van der Waals surface area contributed by atoms with E-state index in [1.807, 2.05) is 38.1 Å². The molecule has 3 rings (SSSR count). The van der Waals surface area contributed by atoms with Crippen molar-refractivity contribution in [2.75, 3.05) is 0 Å². The molecule has 1 N–H and O–H groups in total. The predicted molar refractivity (Wildman–Crippen MR) is 118 cm³/mol. The van der Waals surface area contributed by atoms with Gasteiger partial charge in [-0.3, -0.25) is 4.79 Å². The Morgan fingerprint density at radius 3 is 2.31 bits per heavy atom. The Labute approximate surface area is 183 Å². The third-order valence-electron chi connectivity index (χ3n) is 4.43. The Hall–Kier alpha value is -2.63. The maximum absolute atomic E-state index is 12.7. The lowest BCUT2D eigenvalue weighted by atomic mass is 10.1. The Balaban J connectivity index is 1.84. The summed E-state index contributed by atoms with van der Waals surface area (Å²) in [4.78, 5) is 25.2.